The summed E-state index contributed by atoms with van der Waals surface area (Å²) in [7, 11) is 0. The summed E-state index contributed by atoms with van der Waals surface area (Å²) in [5.41, 5.74) is 0.538. The molecule has 5 atom stereocenters. The predicted molar refractivity (Wildman–Crippen MR) is 74.2 cm³/mol. The van der Waals surface area contributed by atoms with E-state index in [0.29, 0.717) is 0 Å². The van der Waals surface area contributed by atoms with Gasteiger partial charge >= 0.3 is 0 Å². The molecule has 3 rings (SSSR count). The van der Waals surface area contributed by atoms with E-state index in [0.717, 1.165) is 4.90 Å². The number of carbonyl (C=O) groups is 2. The van der Waals surface area contributed by atoms with Crippen LogP contribution in [0.5, 0.6) is 0 Å². The monoisotopic (exact) mass is 307 g/mol. The zero-order chi connectivity index (χ0) is 16.0. The first-order valence-corrected chi connectivity index (χ1v) is 7.06. The fourth-order valence-electron chi connectivity index (χ4n) is 3.13. The molecule has 22 heavy (non-hydrogen) atoms. The van der Waals surface area contributed by atoms with Crippen LogP contribution in [0.4, 0.5) is 0 Å². The number of hydrogen-bond acceptors (Lipinski definition) is 6. The first-order valence-electron chi connectivity index (χ1n) is 7.06. The lowest BCUT2D eigenvalue weighted by molar-refractivity contribution is -0.199. The Labute approximate surface area is 126 Å². The van der Waals surface area contributed by atoms with Gasteiger partial charge in [0.1, 0.15) is 18.3 Å². The molecule has 3 N–H and O–H groups in total. The Bertz CT molecular complexity index is 583. The van der Waals surface area contributed by atoms with Crippen LogP contribution in [-0.4, -0.2) is 69.1 Å². The molecule has 2 amide bonds. The number of carbonyl (C=O) groups excluding carboxylic acids is 2. The van der Waals surface area contributed by atoms with Crippen molar-refractivity contribution in [2.75, 3.05) is 6.61 Å². The van der Waals surface area contributed by atoms with Crippen LogP contribution in [0.15, 0.2) is 24.3 Å². The van der Waals surface area contributed by atoms with Gasteiger partial charge in [0.05, 0.1) is 29.9 Å². The molecule has 0 bridgehead atoms. The van der Waals surface area contributed by atoms with Gasteiger partial charge in [-0.3, -0.25) is 14.5 Å². The average molecular weight is 307 g/mol. The Kier molecular flexibility index (Phi) is 3.73. The van der Waals surface area contributed by atoms with E-state index in [1.807, 2.05) is 0 Å². The number of rotatable bonds is 2. The van der Waals surface area contributed by atoms with Gasteiger partial charge in [0.25, 0.3) is 11.8 Å². The zero-order valence-electron chi connectivity index (χ0n) is 11.9. The molecular weight excluding hydrogens is 290 g/mol. The first-order chi connectivity index (χ1) is 10.5. The number of nitrogens with zero attached hydrogens (tertiary/aromatic N) is 1. The van der Waals surface area contributed by atoms with Crippen molar-refractivity contribution in [2.45, 2.75) is 37.4 Å². The van der Waals surface area contributed by atoms with Gasteiger partial charge in [-0.05, 0) is 19.1 Å². The average Bonchev–Trinajstić information content (AvgIpc) is 2.77. The van der Waals surface area contributed by atoms with E-state index in [4.69, 9.17) is 9.84 Å². The van der Waals surface area contributed by atoms with Gasteiger partial charge in [0.2, 0.25) is 0 Å². The van der Waals surface area contributed by atoms with Gasteiger partial charge < -0.3 is 20.1 Å². The molecule has 0 saturated carbocycles. The number of aliphatic hydroxyl groups is 3. The molecule has 2 aliphatic heterocycles. The summed E-state index contributed by atoms with van der Waals surface area (Å²) in [6, 6.07) is 5.39. The van der Waals surface area contributed by atoms with Gasteiger partial charge in [0, 0.05) is 0 Å². The molecule has 1 saturated heterocycles. The highest BCUT2D eigenvalue weighted by Gasteiger charge is 2.51. The molecule has 1 aromatic carbocycles. The Morgan fingerprint density at radius 3 is 2.14 bits per heavy atom. The summed E-state index contributed by atoms with van der Waals surface area (Å²) < 4.78 is 5.43. The second-order valence-electron chi connectivity index (χ2n) is 5.56. The fraction of sp³-hybridized carbons (Fsp3) is 0.467. The van der Waals surface area contributed by atoms with Gasteiger partial charge in [-0.25, -0.2) is 0 Å². The van der Waals surface area contributed by atoms with E-state index in [9.17, 15) is 19.8 Å². The third-order valence-corrected chi connectivity index (χ3v) is 4.25. The highest BCUT2D eigenvalue weighted by molar-refractivity contribution is 6.21. The molecule has 118 valence electrons. The lowest BCUT2D eigenvalue weighted by Crippen LogP contribution is -2.64. The number of hydrogen-bond donors (Lipinski definition) is 3. The maximum atomic E-state index is 12.5. The molecule has 0 aliphatic carbocycles. The van der Waals surface area contributed by atoms with E-state index in [1.165, 1.54) is 0 Å². The summed E-state index contributed by atoms with van der Waals surface area (Å²) >= 11 is 0. The number of ether oxygens (including phenoxy) is 1. The van der Waals surface area contributed by atoms with Crippen molar-refractivity contribution in [1.29, 1.82) is 0 Å². The number of imide groups is 1. The van der Waals surface area contributed by atoms with Crippen LogP contribution in [0.3, 0.4) is 0 Å². The second-order valence-corrected chi connectivity index (χ2v) is 5.56. The normalized spacial score (nSPS) is 34.9. The molecule has 0 spiro atoms. The smallest absolute Gasteiger partial charge is 0.261 e. The molecule has 0 radical (unpaired) electrons. The number of benzene rings is 1. The predicted octanol–water partition coefficient (Wildman–Crippen LogP) is -0.847. The topological polar surface area (TPSA) is 107 Å². The fourth-order valence-corrected chi connectivity index (χ4v) is 3.13. The van der Waals surface area contributed by atoms with Crippen molar-refractivity contribution in [1.82, 2.24) is 4.90 Å². The highest BCUT2D eigenvalue weighted by atomic mass is 16.5. The van der Waals surface area contributed by atoms with E-state index < -0.39 is 48.9 Å². The third-order valence-electron chi connectivity index (χ3n) is 4.25. The Morgan fingerprint density at radius 1 is 1.09 bits per heavy atom. The molecule has 1 fully saturated rings. The molecule has 7 nitrogen and oxygen atoms in total. The van der Waals surface area contributed by atoms with Crippen molar-refractivity contribution in [3.8, 4) is 0 Å². The standard InChI is InChI=1S/C15H17NO6/c1-7-11(13(19)12(18)10(6-17)22-7)16-14(20)8-4-2-3-5-9(8)15(16)21/h2-5,7,10-13,17-19H,6H2,1H3/t7?,10?,11?,12?,13-/m0/s1. The van der Waals surface area contributed by atoms with Crippen LogP contribution in [0.25, 0.3) is 0 Å². The molecule has 2 aliphatic rings. The largest absolute Gasteiger partial charge is 0.394 e. The van der Waals surface area contributed by atoms with Gasteiger partial charge in [-0.1, -0.05) is 12.1 Å². The maximum Gasteiger partial charge on any atom is 0.261 e. The van der Waals surface area contributed by atoms with Crippen molar-refractivity contribution >= 4 is 11.8 Å². The Hall–Kier alpha value is -1.80. The molecule has 4 unspecified atom stereocenters. The van der Waals surface area contributed by atoms with E-state index >= 15 is 0 Å². The molecular formula is C15H17NO6. The second kappa shape index (κ2) is 5.44. The van der Waals surface area contributed by atoms with Crippen molar-refractivity contribution in [3.05, 3.63) is 35.4 Å². The Balaban J connectivity index is 1.95. The van der Waals surface area contributed by atoms with Crippen molar-refractivity contribution < 1.29 is 29.6 Å². The summed E-state index contributed by atoms with van der Waals surface area (Å²) in [6.07, 6.45) is -4.42. The summed E-state index contributed by atoms with van der Waals surface area (Å²) in [5, 5.41) is 29.4. The summed E-state index contributed by atoms with van der Waals surface area (Å²) in [4.78, 5) is 25.9. The minimum Gasteiger partial charge on any atom is -0.394 e. The number of fused-ring (bicyclic) bond motifs is 1. The molecule has 0 aromatic heterocycles. The van der Waals surface area contributed by atoms with Gasteiger partial charge in [-0.15, -0.1) is 0 Å². The minimum absolute atomic E-state index is 0.269. The minimum atomic E-state index is -1.39. The van der Waals surface area contributed by atoms with Crippen LogP contribution in [0.2, 0.25) is 0 Å². The zero-order valence-corrected chi connectivity index (χ0v) is 11.9. The van der Waals surface area contributed by atoms with Crippen LogP contribution in [-0.2, 0) is 4.74 Å². The van der Waals surface area contributed by atoms with E-state index in [1.54, 1.807) is 31.2 Å². The van der Waals surface area contributed by atoms with Gasteiger partial charge in [-0.2, -0.15) is 0 Å². The summed E-state index contributed by atoms with van der Waals surface area (Å²) in [6.45, 7) is 1.13. The summed E-state index contributed by atoms with van der Waals surface area (Å²) in [5.74, 6) is -1.04. The lowest BCUT2D eigenvalue weighted by atomic mass is 9.92. The Morgan fingerprint density at radius 2 is 1.64 bits per heavy atom. The maximum absolute atomic E-state index is 12.5. The quantitative estimate of drug-likeness (QED) is 0.615. The SMILES string of the molecule is CC1OC(CO)C(O)[C@@H](O)C1N1C(=O)c2ccccc2C1=O. The first kappa shape index (κ1) is 15.1. The molecule has 1 aromatic rings. The van der Waals surface area contributed by atoms with E-state index in [2.05, 4.69) is 0 Å². The number of aliphatic hydroxyl groups excluding tert-OH is 3. The van der Waals surface area contributed by atoms with Crippen LogP contribution in [0.1, 0.15) is 27.6 Å². The van der Waals surface area contributed by atoms with E-state index in [-0.39, 0.29) is 11.1 Å². The van der Waals surface area contributed by atoms with Crippen LogP contribution >= 0.6 is 0 Å². The third kappa shape index (κ3) is 2.05. The van der Waals surface area contributed by atoms with Crippen LogP contribution in [0, 0.1) is 0 Å². The van der Waals surface area contributed by atoms with Crippen molar-refractivity contribution in [2.24, 2.45) is 0 Å². The highest BCUT2D eigenvalue weighted by Crippen LogP contribution is 2.31. The molecule has 7 heteroatoms. The van der Waals surface area contributed by atoms with Crippen LogP contribution < -0.4 is 0 Å². The van der Waals surface area contributed by atoms with Gasteiger partial charge in [0.15, 0.2) is 0 Å². The number of amides is 2. The van der Waals surface area contributed by atoms with Crippen molar-refractivity contribution in [3.63, 3.8) is 0 Å². The molecule has 2 heterocycles. The lowest BCUT2D eigenvalue weighted by Gasteiger charge is -2.44.